The highest BCUT2D eigenvalue weighted by molar-refractivity contribution is 6.32. The Hall–Kier alpha value is -1.88. The lowest BCUT2D eigenvalue weighted by Crippen LogP contribution is -2.18. The molecule has 1 aliphatic carbocycles. The van der Waals surface area contributed by atoms with Gasteiger partial charge in [-0.1, -0.05) is 47.1 Å². The van der Waals surface area contributed by atoms with Crippen LogP contribution in [0.2, 0.25) is 5.15 Å². The van der Waals surface area contributed by atoms with Gasteiger partial charge in [-0.15, -0.1) is 5.10 Å². The zero-order valence-electron chi connectivity index (χ0n) is 11.7. The summed E-state index contributed by atoms with van der Waals surface area (Å²) in [5, 5.41) is 7.88. The molecule has 2 aromatic rings. The van der Waals surface area contributed by atoms with E-state index in [0.29, 0.717) is 12.5 Å². The van der Waals surface area contributed by atoms with Crippen molar-refractivity contribution < 1.29 is 9.53 Å². The van der Waals surface area contributed by atoms with Gasteiger partial charge in [-0.2, -0.15) is 0 Å². The summed E-state index contributed by atoms with van der Waals surface area (Å²) in [6, 6.07) is 9.62. The number of ether oxygens (including phenoxy) is 1. The predicted molar refractivity (Wildman–Crippen MR) is 78.3 cm³/mol. The molecular formula is C15H16ClN3O2. The second kappa shape index (κ2) is 5.85. The van der Waals surface area contributed by atoms with Crippen molar-refractivity contribution in [3.8, 4) is 0 Å². The third kappa shape index (κ3) is 3.08. The molecule has 6 heteroatoms. The van der Waals surface area contributed by atoms with Crippen molar-refractivity contribution in [3.63, 3.8) is 0 Å². The SMILES string of the molecule is C[C@H](c1ccccc1)n1nnc(Cl)c1C(=O)OCC1CC1. The highest BCUT2D eigenvalue weighted by Crippen LogP contribution is 2.29. The van der Waals surface area contributed by atoms with Crippen LogP contribution in [0.1, 0.15) is 41.9 Å². The summed E-state index contributed by atoms with van der Waals surface area (Å²) in [7, 11) is 0. The Morgan fingerprint density at radius 3 is 2.81 bits per heavy atom. The number of halogens is 1. The smallest absolute Gasteiger partial charge is 0.359 e. The van der Waals surface area contributed by atoms with Gasteiger partial charge in [0.25, 0.3) is 0 Å². The second-order valence-corrected chi connectivity index (χ2v) is 5.66. The summed E-state index contributed by atoms with van der Waals surface area (Å²) < 4.78 is 6.81. The molecule has 0 N–H and O–H groups in total. The van der Waals surface area contributed by atoms with Crippen molar-refractivity contribution in [3.05, 3.63) is 46.7 Å². The number of benzene rings is 1. The molecule has 3 rings (SSSR count). The minimum atomic E-state index is -0.459. The van der Waals surface area contributed by atoms with Crippen LogP contribution in [0.25, 0.3) is 0 Å². The molecule has 1 fully saturated rings. The second-order valence-electron chi connectivity index (χ2n) is 5.30. The number of hydrogen-bond donors (Lipinski definition) is 0. The van der Waals surface area contributed by atoms with Crippen LogP contribution < -0.4 is 0 Å². The molecule has 0 saturated heterocycles. The first-order valence-corrected chi connectivity index (χ1v) is 7.37. The Bertz CT molecular complexity index is 638. The molecule has 0 unspecified atom stereocenters. The lowest BCUT2D eigenvalue weighted by molar-refractivity contribution is 0.0470. The van der Waals surface area contributed by atoms with Gasteiger partial charge >= 0.3 is 5.97 Å². The molecule has 5 nitrogen and oxygen atoms in total. The highest BCUT2D eigenvalue weighted by atomic mass is 35.5. The average Bonchev–Trinajstić information content (AvgIpc) is 3.26. The number of nitrogens with zero attached hydrogens (tertiary/aromatic N) is 3. The van der Waals surface area contributed by atoms with Crippen LogP contribution in [-0.4, -0.2) is 27.6 Å². The Kier molecular flexibility index (Phi) is 3.92. The molecule has 1 aromatic heterocycles. The number of carbonyl (C=O) groups is 1. The van der Waals surface area contributed by atoms with Gasteiger partial charge in [-0.05, 0) is 31.2 Å². The molecule has 1 heterocycles. The predicted octanol–water partition coefficient (Wildman–Crippen LogP) is 3.11. The maximum absolute atomic E-state index is 12.2. The minimum absolute atomic E-state index is 0.0820. The fourth-order valence-electron chi connectivity index (χ4n) is 2.14. The molecule has 110 valence electrons. The zero-order chi connectivity index (χ0) is 14.8. The Labute approximate surface area is 127 Å². The Morgan fingerprint density at radius 1 is 1.43 bits per heavy atom. The highest BCUT2D eigenvalue weighted by Gasteiger charge is 2.28. The van der Waals surface area contributed by atoms with Crippen LogP contribution in [0.5, 0.6) is 0 Å². The van der Waals surface area contributed by atoms with Crippen molar-refractivity contribution in [2.45, 2.75) is 25.8 Å². The Balaban J connectivity index is 1.83. The maximum atomic E-state index is 12.2. The van der Waals surface area contributed by atoms with Crippen molar-refractivity contribution in [1.82, 2.24) is 15.0 Å². The molecule has 1 aliphatic rings. The molecule has 1 aromatic carbocycles. The standard InChI is InChI=1S/C15H16ClN3O2/c1-10(12-5-3-2-4-6-12)19-13(14(16)17-18-19)15(20)21-9-11-7-8-11/h2-6,10-11H,7-9H2,1H3/t10-/m1/s1. The van der Waals surface area contributed by atoms with E-state index < -0.39 is 5.97 Å². The average molecular weight is 306 g/mol. The lowest BCUT2D eigenvalue weighted by atomic mass is 10.1. The van der Waals surface area contributed by atoms with Gasteiger partial charge in [0, 0.05) is 0 Å². The number of hydrogen-bond acceptors (Lipinski definition) is 4. The lowest BCUT2D eigenvalue weighted by Gasteiger charge is -2.14. The number of rotatable bonds is 5. The summed E-state index contributed by atoms with van der Waals surface area (Å²) in [6.45, 7) is 2.39. The van der Waals surface area contributed by atoms with E-state index in [1.54, 1.807) is 0 Å². The van der Waals surface area contributed by atoms with Crippen molar-refractivity contribution in [1.29, 1.82) is 0 Å². The summed E-state index contributed by atoms with van der Waals surface area (Å²) >= 11 is 6.01. The van der Waals surface area contributed by atoms with Gasteiger partial charge in [-0.3, -0.25) is 0 Å². The third-order valence-electron chi connectivity index (χ3n) is 3.64. The number of esters is 1. The summed E-state index contributed by atoms with van der Waals surface area (Å²) in [5.74, 6) is 0.0447. The summed E-state index contributed by atoms with van der Waals surface area (Å²) in [5.41, 5.74) is 1.24. The number of carbonyl (C=O) groups excluding carboxylic acids is 1. The molecule has 0 bridgehead atoms. The van der Waals surface area contributed by atoms with Crippen LogP contribution in [0.4, 0.5) is 0 Å². The van der Waals surface area contributed by atoms with E-state index in [-0.39, 0.29) is 16.9 Å². The fourth-order valence-corrected chi connectivity index (χ4v) is 2.34. The maximum Gasteiger partial charge on any atom is 0.359 e. The van der Waals surface area contributed by atoms with E-state index in [2.05, 4.69) is 10.3 Å². The van der Waals surface area contributed by atoms with Crippen LogP contribution in [-0.2, 0) is 4.74 Å². The van der Waals surface area contributed by atoms with E-state index >= 15 is 0 Å². The molecule has 0 radical (unpaired) electrons. The molecule has 0 spiro atoms. The molecule has 1 saturated carbocycles. The molecular weight excluding hydrogens is 290 g/mol. The van der Waals surface area contributed by atoms with Crippen LogP contribution in [0, 0.1) is 5.92 Å². The van der Waals surface area contributed by atoms with E-state index in [1.807, 2.05) is 37.3 Å². The van der Waals surface area contributed by atoms with Gasteiger partial charge in [0.05, 0.1) is 12.6 Å². The van der Waals surface area contributed by atoms with Gasteiger partial charge in [0.15, 0.2) is 10.8 Å². The molecule has 21 heavy (non-hydrogen) atoms. The summed E-state index contributed by atoms with van der Waals surface area (Å²) in [4.78, 5) is 12.2. The van der Waals surface area contributed by atoms with Crippen molar-refractivity contribution in [2.75, 3.05) is 6.61 Å². The first-order chi connectivity index (χ1) is 10.2. The normalized spacial score (nSPS) is 15.7. The molecule has 1 atom stereocenters. The van der Waals surface area contributed by atoms with E-state index in [4.69, 9.17) is 16.3 Å². The summed E-state index contributed by atoms with van der Waals surface area (Å²) in [6.07, 6.45) is 2.25. The van der Waals surface area contributed by atoms with Gasteiger partial charge in [-0.25, -0.2) is 9.48 Å². The van der Waals surface area contributed by atoms with E-state index in [1.165, 1.54) is 4.68 Å². The largest absolute Gasteiger partial charge is 0.461 e. The zero-order valence-corrected chi connectivity index (χ0v) is 12.5. The number of aromatic nitrogens is 3. The van der Waals surface area contributed by atoms with Crippen molar-refractivity contribution in [2.24, 2.45) is 5.92 Å². The van der Waals surface area contributed by atoms with Gasteiger partial charge in [0.2, 0.25) is 0 Å². The van der Waals surface area contributed by atoms with E-state index in [9.17, 15) is 4.79 Å². The van der Waals surface area contributed by atoms with Crippen molar-refractivity contribution >= 4 is 17.6 Å². The van der Waals surface area contributed by atoms with Crippen LogP contribution in [0.15, 0.2) is 30.3 Å². The molecule has 0 aliphatic heterocycles. The third-order valence-corrected chi connectivity index (χ3v) is 3.90. The first-order valence-electron chi connectivity index (χ1n) is 6.99. The fraction of sp³-hybridized carbons (Fsp3) is 0.400. The quantitative estimate of drug-likeness (QED) is 0.796. The van der Waals surface area contributed by atoms with E-state index in [0.717, 1.165) is 18.4 Å². The van der Waals surface area contributed by atoms with Crippen LogP contribution >= 0.6 is 11.6 Å². The van der Waals surface area contributed by atoms with Gasteiger partial charge in [0.1, 0.15) is 0 Å². The van der Waals surface area contributed by atoms with Crippen LogP contribution in [0.3, 0.4) is 0 Å². The minimum Gasteiger partial charge on any atom is -0.461 e. The topological polar surface area (TPSA) is 57.0 Å². The monoisotopic (exact) mass is 305 g/mol. The van der Waals surface area contributed by atoms with Gasteiger partial charge < -0.3 is 4.74 Å². The molecule has 0 amide bonds. The Morgan fingerprint density at radius 2 is 2.14 bits per heavy atom. The first kappa shape index (κ1) is 14.1.